The molecule has 6 atom stereocenters. The lowest BCUT2D eigenvalue weighted by atomic mass is 9.60. The fourth-order valence-corrected chi connectivity index (χ4v) is 5.72. The minimum atomic E-state index is 0.0266. The summed E-state index contributed by atoms with van der Waals surface area (Å²) in [5.74, 6) is 2.98. The van der Waals surface area contributed by atoms with Gasteiger partial charge in [0, 0.05) is 5.54 Å². The Bertz CT molecular complexity index is 348. The summed E-state index contributed by atoms with van der Waals surface area (Å²) in [7, 11) is 0. The SMILES string of the molecule is CCC1(N)CC2(C)C(C)CCC2C(C)(C)C(C)C1C. The van der Waals surface area contributed by atoms with Crippen LogP contribution in [-0.4, -0.2) is 5.54 Å². The molecule has 2 rings (SSSR count). The minimum Gasteiger partial charge on any atom is -0.325 e. The van der Waals surface area contributed by atoms with Crippen LogP contribution in [0.25, 0.3) is 0 Å². The van der Waals surface area contributed by atoms with Crippen LogP contribution in [0.1, 0.15) is 74.1 Å². The van der Waals surface area contributed by atoms with Gasteiger partial charge in [0.25, 0.3) is 0 Å². The van der Waals surface area contributed by atoms with Gasteiger partial charge in [-0.3, -0.25) is 0 Å². The molecule has 0 saturated heterocycles. The summed E-state index contributed by atoms with van der Waals surface area (Å²) >= 11 is 0. The Morgan fingerprint density at radius 2 is 1.58 bits per heavy atom. The quantitative estimate of drug-likeness (QED) is 0.720. The van der Waals surface area contributed by atoms with Gasteiger partial charge in [0.05, 0.1) is 0 Å². The predicted molar refractivity (Wildman–Crippen MR) is 83.9 cm³/mol. The first-order valence-electron chi connectivity index (χ1n) is 8.38. The molecule has 2 aliphatic rings. The zero-order valence-corrected chi connectivity index (χ0v) is 14.2. The molecule has 112 valence electrons. The van der Waals surface area contributed by atoms with Crippen molar-refractivity contribution < 1.29 is 0 Å². The lowest BCUT2D eigenvalue weighted by Gasteiger charge is -2.45. The van der Waals surface area contributed by atoms with E-state index in [9.17, 15) is 0 Å². The number of nitrogens with two attached hydrogens (primary N) is 1. The molecule has 2 saturated carbocycles. The highest BCUT2D eigenvalue weighted by Crippen LogP contribution is 2.64. The molecule has 1 nitrogen and oxygen atoms in total. The van der Waals surface area contributed by atoms with Crippen LogP contribution in [0.3, 0.4) is 0 Å². The zero-order chi connectivity index (χ0) is 14.6. The summed E-state index contributed by atoms with van der Waals surface area (Å²) in [6.45, 7) is 17.2. The van der Waals surface area contributed by atoms with E-state index in [0.29, 0.717) is 22.7 Å². The van der Waals surface area contributed by atoms with Crippen molar-refractivity contribution in [2.45, 2.75) is 79.7 Å². The van der Waals surface area contributed by atoms with Gasteiger partial charge in [0.15, 0.2) is 0 Å². The van der Waals surface area contributed by atoms with Crippen LogP contribution in [-0.2, 0) is 0 Å². The maximum Gasteiger partial charge on any atom is 0.0185 e. The first-order chi connectivity index (χ1) is 8.59. The van der Waals surface area contributed by atoms with E-state index in [1.807, 2.05) is 0 Å². The van der Waals surface area contributed by atoms with Gasteiger partial charge in [-0.15, -0.1) is 0 Å². The molecule has 2 fully saturated rings. The monoisotopic (exact) mass is 265 g/mol. The van der Waals surface area contributed by atoms with Gasteiger partial charge in [0.2, 0.25) is 0 Å². The van der Waals surface area contributed by atoms with Crippen LogP contribution < -0.4 is 5.73 Å². The van der Waals surface area contributed by atoms with E-state index in [1.165, 1.54) is 19.3 Å². The second-order valence-corrected chi connectivity index (χ2v) is 8.70. The average Bonchev–Trinajstić information content (AvgIpc) is 2.61. The maximum atomic E-state index is 6.92. The highest BCUT2D eigenvalue weighted by molar-refractivity contribution is 5.10. The molecule has 0 aromatic heterocycles. The molecule has 1 heteroatoms. The molecule has 0 amide bonds. The Hall–Kier alpha value is -0.0400. The Labute approximate surface area is 120 Å². The number of hydrogen-bond donors (Lipinski definition) is 1. The van der Waals surface area contributed by atoms with E-state index < -0.39 is 0 Å². The van der Waals surface area contributed by atoms with E-state index in [-0.39, 0.29) is 5.54 Å². The molecule has 6 unspecified atom stereocenters. The molecule has 0 spiro atoms. The molecule has 0 heterocycles. The molecule has 0 aromatic carbocycles. The van der Waals surface area contributed by atoms with Gasteiger partial charge in [-0.05, 0) is 60.2 Å². The van der Waals surface area contributed by atoms with Crippen LogP contribution in [0.15, 0.2) is 0 Å². The van der Waals surface area contributed by atoms with Crippen molar-refractivity contribution in [2.24, 2.45) is 40.2 Å². The molecular weight excluding hydrogens is 230 g/mol. The summed E-state index contributed by atoms with van der Waals surface area (Å²) in [4.78, 5) is 0. The maximum absolute atomic E-state index is 6.92. The van der Waals surface area contributed by atoms with E-state index in [4.69, 9.17) is 5.73 Å². The summed E-state index contributed by atoms with van der Waals surface area (Å²) in [6, 6.07) is 0. The van der Waals surface area contributed by atoms with Gasteiger partial charge >= 0.3 is 0 Å². The third kappa shape index (κ3) is 1.99. The normalized spacial score (nSPS) is 53.7. The molecule has 0 bridgehead atoms. The minimum absolute atomic E-state index is 0.0266. The van der Waals surface area contributed by atoms with Crippen LogP contribution in [0.2, 0.25) is 0 Å². The van der Waals surface area contributed by atoms with Crippen molar-refractivity contribution in [2.75, 3.05) is 0 Å². The van der Waals surface area contributed by atoms with Crippen LogP contribution >= 0.6 is 0 Å². The fourth-order valence-electron chi connectivity index (χ4n) is 5.72. The molecule has 19 heavy (non-hydrogen) atoms. The van der Waals surface area contributed by atoms with Crippen LogP contribution in [0, 0.1) is 34.5 Å². The molecule has 0 aliphatic heterocycles. The lowest BCUT2D eigenvalue weighted by molar-refractivity contribution is 0.0321. The van der Waals surface area contributed by atoms with Crippen molar-refractivity contribution in [1.29, 1.82) is 0 Å². The molecule has 2 aliphatic carbocycles. The zero-order valence-electron chi connectivity index (χ0n) is 14.2. The Morgan fingerprint density at radius 3 is 2.11 bits per heavy atom. The summed E-state index contributed by atoms with van der Waals surface area (Å²) < 4.78 is 0. The highest BCUT2D eigenvalue weighted by atomic mass is 14.8. The third-order valence-electron chi connectivity index (χ3n) is 7.91. The van der Waals surface area contributed by atoms with E-state index in [2.05, 4.69) is 48.5 Å². The van der Waals surface area contributed by atoms with Crippen molar-refractivity contribution >= 4 is 0 Å². The van der Waals surface area contributed by atoms with Crippen molar-refractivity contribution in [1.82, 2.24) is 0 Å². The molecule has 0 radical (unpaired) electrons. The van der Waals surface area contributed by atoms with Crippen LogP contribution in [0.5, 0.6) is 0 Å². The Morgan fingerprint density at radius 1 is 1.00 bits per heavy atom. The second-order valence-electron chi connectivity index (χ2n) is 8.70. The van der Waals surface area contributed by atoms with Crippen molar-refractivity contribution in [3.05, 3.63) is 0 Å². The average molecular weight is 265 g/mol. The van der Waals surface area contributed by atoms with E-state index in [1.54, 1.807) is 0 Å². The van der Waals surface area contributed by atoms with Crippen LogP contribution in [0.4, 0.5) is 0 Å². The summed E-state index contributed by atoms with van der Waals surface area (Å²) in [6.07, 6.45) is 5.13. The Kier molecular flexibility index (Phi) is 3.62. The first-order valence-corrected chi connectivity index (χ1v) is 8.38. The number of hydrogen-bond acceptors (Lipinski definition) is 1. The summed E-state index contributed by atoms with van der Waals surface area (Å²) in [5, 5.41) is 0. The van der Waals surface area contributed by atoms with Gasteiger partial charge in [0.1, 0.15) is 0 Å². The lowest BCUT2D eigenvalue weighted by Crippen LogP contribution is -2.50. The van der Waals surface area contributed by atoms with Crippen molar-refractivity contribution in [3.8, 4) is 0 Å². The number of fused-ring (bicyclic) bond motifs is 1. The number of rotatable bonds is 1. The second kappa shape index (κ2) is 4.48. The van der Waals surface area contributed by atoms with Crippen molar-refractivity contribution in [3.63, 3.8) is 0 Å². The summed E-state index contributed by atoms with van der Waals surface area (Å²) in [5.41, 5.74) is 7.79. The Balaban J connectivity index is 2.52. The highest BCUT2D eigenvalue weighted by Gasteiger charge is 2.59. The first kappa shape index (κ1) is 15.4. The van der Waals surface area contributed by atoms with Gasteiger partial charge in [-0.25, -0.2) is 0 Å². The van der Waals surface area contributed by atoms with Gasteiger partial charge in [-0.1, -0.05) is 48.5 Å². The molecular formula is C18H35N. The fraction of sp³-hybridized carbons (Fsp3) is 1.00. The van der Waals surface area contributed by atoms with Gasteiger partial charge in [-0.2, -0.15) is 0 Å². The molecule has 2 N–H and O–H groups in total. The van der Waals surface area contributed by atoms with E-state index >= 15 is 0 Å². The standard InChI is InChI=1S/C18H35N/c1-8-18(19)11-17(7)12(2)9-10-15(17)16(5,6)13(3)14(18)4/h12-15H,8-11,19H2,1-7H3. The largest absolute Gasteiger partial charge is 0.325 e. The van der Waals surface area contributed by atoms with E-state index in [0.717, 1.165) is 18.3 Å². The molecule has 0 aromatic rings. The third-order valence-corrected chi connectivity index (χ3v) is 7.91. The van der Waals surface area contributed by atoms with Gasteiger partial charge < -0.3 is 5.73 Å². The predicted octanol–water partition coefficient (Wildman–Crippen LogP) is 4.85. The smallest absolute Gasteiger partial charge is 0.0185 e. The topological polar surface area (TPSA) is 26.0 Å².